The van der Waals surface area contributed by atoms with Crippen LogP contribution in [-0.4, -0.2) is 30.8 Å². The minimum atomic E-state index is -1.32. The monoisotopic (exact) mass is 395 g/mol. The lowest BCUT2D eigenvalue weighted by molar-refractivity contribution is -0.124. The van der Waals surface area contributed by atoms with Gasteiger partial charge in [-0.05, 0) is 42.0 Å². The van der Waals surface area contributed by atoms with E-state index in [4.69, 9.17) is 11.6 Å². The van der Waals surface area contributed by atoms with Crippen LogP contribution in [0.5, 0.6) is 0 Å². The number of H-pyrrole nitrogens is 1. The number of hydrogen-bond acceptors (Lipinski definition) is 5. The van der Waals surface area contributed by atoms with E-state index in [1.165, 1.54) is 17.2 Å². The van der Waals surface area contributed by atoms with Gasteiger partial charge in [-0.1, -0.05) is 23.7 Å². The number of halogens is 1. The molecule has 140 valence electrons. The Morgan fingerprint density at radius 2 is 1.86 bits per heavy atom. The number of nitrogens with zero attached hydrogens (tertiary/aromatic N) is 3. The van der Waals surface area contributed by atoms with E-state index in [9.17, 15) is 14.7 Å². The van der Waals surface area contributed by atoms with Crippen molar-refractivity contribution in [3.63, 3.8) is 0 Å². The van der Waals surface area contributed by atoms with E-state index in [2.05, 4.69) is 20.4 Å². The summed E-state index contributed by atoms with van der Waals surface area (Å²) in [6.07, 6.45) is 1.44. The van der Waals surface area contributed by atoms with Gasteiger partial charge in [-0.2, -0.15) is 5.10 Å². The molecule has 2 aromatic heterocycles. The molecule has 1 amide bonds. The van der Waals surface area contributed by atoms with E-state index in [0.717, 1.165) is 0 Å². The average molecular weight is 396 g/mol. The van der Waals surface area contributed by atoms with Crippen LogP contribution in [0, 0.1) is 0 Å². The Kier molecular flexibility index (Phi) is 4.64. The number of aromatic amines is 1. The summed E-state index contributed by atoms with van der Waals surface area (Å²) in [5, 5.41) is 17.9. The first-order valence-electron chi connectivity index (χ1n) is 8.29. The lowest BCUT2D eigenvalue weighted by Gasteiger charge is -2.12. The van der Waals surface area contributed by atoms with Crippen molar-refractivity contribution in [1.82, 2.24) is 19.7 Å². The molecule has 0 aliphatic rings. The first-order chi connectivity index (χ1) is 13.5. The normalized spacial score (nSPS) is 12.1. The molecule has 2 aromatic carbocycles. The molecule has 4 rings (SSSR count). The summed E-state index contributed by atoms with van der Waals surface area (Å²) in [7, 11) is 0. The quantitative estimate of drug-likeness (QED) is 0.491. The molecule has 0 aliphatic heterocycles. The van der Waals surface area contributed by atoms with Crippen LogP contribution in [0.3, 0.4) is 0 Å². The van der Waals surface area contributed by atoms with Gasteiger partial charge in [0.25, 0.3) is 11.5 Å². The molecule has 1 atom stereocenters. The maximum Gasteiger partial charge on any atom is 0.261 e. The van der Waals surface area contributed by atoms with Gasteiger partial charge in [0.2, 0.25) is 0 Å². The fourth-order valence-electron chi connectivity index (χ4n) is 2.74. The predicted molar refractivity (Wildman–Crippen MR) is 105 cm³/mol. The van der Waals surface area contributed by atoms with E-state index in [0.29, 0.717) is 33.0 Å². The number of rotatable bonds is 4. The largest absolute Gasteiger partial charge is 0.378 e. The van der Waals surface area contributed by atoms with Gasteiger partial charge in [-0.25, -0.2) is 9.67 Å². The molecule has 4 aromatic rings. The Labute approximate surface area is 163 Å². The molecule has 28 heavy (non-hydrogen) atoms. The first kappa shape index (κ1) is 17.9. The van der Waals surface area contributed by atoms with Gasteiger partial charge in [-0.15, -0.1) is 0 Å². The maximum atomic E-state index is 12.3. The molecule has 0 radical (unpaired) electrons. The zero-order chi connectivity index (χ0) is 19.7. The number of nitrogens with one attached hydrogen (secondary N) is 2. The van der Waals surface area contributed by atoms with Gasteiger partial charge >= 0.3 is 0 Å². The van der Waals surface area contributed by atoms with Crippen molar-refractivity contribution < 1.29 is 9.90 Å². The SMILES string of the molecule is O=C(Nc1ccc(-n2ncc3c(=O)[nH]cnc32)cc1)C(O)c1ccc(Cl)cc1. The average Bonchev–Trinajstić information content (AvgIpc) is 3.14. The van der Waals surface area contributed by atoms with Crippen molar-refractivity contribution in [2.24, 2.45) is 0 Å². The van der Waals surface area contributed by atoms with Crippen LogP contribution in [0.25, 0.3) is 16.7 Å². The van der Waals surface area contributed by atoms with Crippen LogP contribution in [-0.2, 0) is 4.79 Å². The van der Waals surface area contributed by atoms with Crippen LogP contribution in [0.1, 0.15) is 11.7 Å². The Balaban J connectivity index is 1.53. The molecule has 8 nitrogen and oxygen atoms in total. The summed E-state index contributed by atoms with van der Waals surface area (Å²) in [6.45, 7) is 0. The van der Waals surface area contributed by atoms with Gasteiger partial charge in [0.05, 0.1) is 18.2 Å². The van der Waals surface area contributed by atoms with Crippen molar-refractivity contribution >= 4 is 34.2 Å². The van der Waals surface area contributed by atoms with E-state index >= 15 is 0 Å². The third-order valence-electron chi connectivity index (χ3n) is 4.18. The molecule has 0 spiro atoms. The molecular weight excluding hydrogens is 382 g/mol. The van der Waals surface area contributed by atoms with Crippen molar-refractivity contribution in [2.75, 3.05) is 5.32 Å². The molecule has 0 saturated heterocycles. The smallest absolute Gasteiger partial charge is 0.261 e. The standard InChI is InChI=1S/C19H14ClN5O3/c20-12-3-1-11(2-4-12)16(26)19(28)24-13-5-7-14(8-6-13)25-17-15(9-23-25)18(27)22-10-21-17/h1-10,16,26H,(H,24,28)(H,21,22,27). The molecule has 9 heteroatoms. The number of aliphatic hydroxyl groups is 1. The van der Waals surface area contributed by atoms with Crippen molar-refractivity contribution in [1.29, 1.82) is 0 Å². The summed E-state index contributed by atoms with van der Waals surface area (Å²) in [5.41, 5.74) is 1.78. The minimum Gasteiger partial charge on any atom is -0.378 e. The molecule has 0 bridgehead atoms. The molecule has 0 aliphatic carbocycles. The van der Waals surface area contributed by atoms with Gasteiger partial charge in [0, 0.05) is 10.7 Å². The highest BCUT2D eigenvalue weighted by Gasteiger charge is 2.17. The second kappa shape index (κ2) is 7.26. The highest BCUT2D eigenvalue weighted by molar-refractivity contribution is 6.30. The topological polar surface area (TPSA) is 113 Å². The fourth-order valence-corrected chi connectivity index (χ4v) is 2.86. The van der Waals surface area contributed by atoms with Crippen LogP contribution in [0.4, 0.5) is 5.69 Å². The van der Waals surface area contributed by atoms with Crippen molar-refractivity contribution in [3.05, 3.63) is 82.0 Å². The molecule has 0 fully saturated rings. The van der Waals surface area contributed by atoms with Crippen molar-refractivity contribution in [2.45, 2.75) is 6.10 Å². The Bertz CT molecular complexity index is 1200. The van der Waals surface area contributed by atoms with Crippen molar-refractivity contribution in [3.8, 4) is 5.69 Å². The summed E-state index contributed by atoms with van der Waals surface area (Å²) in [4.78, 5) is 30.7. The molecule has 1 unspecified atom stereocenters. The fraction of sp³-hybridized carbons (Fsp3) is 0.0526. The van der Waals surface area contributed by atoms with Gasteiger partial charge in [0.15, 0.2) is 11.8 Å². The Hall–Kier alpha value is -3.49. The number of hydrogen-bond donors (Lipinski definition) is 3. The van der Waals surface area contributed by atoms with Gasteiger partial charge in [-0.3, -0.25) is 9.59 Å². The number of carbonyl (C=O) groups is 1. The van der Waals surface area contributed by atoms with Crippen LogP contribution >= 0.6 is 11.6 Å². The first-order valence-corrected chi connectivity index (χ1v) is 8.67. The Morgan fingerprint density at radius 3 is 2.57 bits per heavy atom. The highest BCUT2D eigenvalue weighted by atomic mass is 35.5. The predicted octanol–water partition coefficient (Wildman–Crippen LogP) is 2.43. The van der Waals surface area contributed by atoms with Gasteiger partial charge in [0.1, 0.15) is 5.39 Å². The Morgan fingerprint density at radius 1 is 1.14 bits per heavy atom. The number of carbonyl (C=O) groups excluding carboxylic acids is 1. The molecule has 0 saturated carbocycles. The number of fused-ring (bicyclic) bond motifs is 1. The third kappa shape index (κ3) is 3.38. The zero-order valence-electron chi connectivity index (χ0n) is 14.3. The van der Waals surface area contributed by atoms with E-state index < -0.39 is 12.0 Å². The second-order valence-electron chi connectivity index (χ2n) is 6.02. The number of aromatic nitrogens is 4. The van der Waals surface area contributed by atoms with E-state index in [-0.39, 0.29) is 5.56 Å². The number of aliphatic hydroxyl groups excluding tert-OH is 1. The summed E-state index contributed by atoms with van der Waals surface area (Å²) in [6, 6.07) is 13.2. The third-order valence-corrected chi connectivity index (χ3v) is 4.44. The maximum absolute atomic E-state index is 12.3. The number of anilines is 1. The summed E-state index contributed by atoms with van der Waals surface area (Å²) < 4.78 is 1.53. The molecule has 2 heterocycles. The molecular formula is C19H14ClN5O3. The number of benzene rings is 2. The van der Waals surface area contributed by atoms with Crippen LogP contribution < -0.4 is 10.9 Å². The van der Waals surface area contributed by atoms with Crippen LogP contribution in [0.2, 0.25) is 5.02 Å². The minimum absolute atomic E-state index is 0.267. The van der Waals surface area contributed by atoms with Gasteiger partial charge < -0.3 is 15.4 Å². The second-order valence-corrected chi connectivity index (χ2v) is 6.45. The molecule has 3 N–H and O–H groups in total. The van der Waals surface area contributed by atoms with E-state index in [1.807, 2.05) is 0 Å². The van der Waals surface area contributed by atoms with Crippen LogP contribution in [0.15, 0.2) is 65.8 Å². The number of amides is 1. The highest BCUT2D eigenvalue weighted by Crippen LogP contribution is 2.20. The lowest BCUT2D eigenvalue weighted by Crippen LogP contribution is -2.20. The summed E-state index contributed by atoms with van der Waals surface area (Å²) in [5.74, 6) is -0.562. The zero-order valence-corrected chi connectivity index (χ0v) is 15.1. The van der Waals surface area contributed by atoms with E-state index in [1.54, 1.807) is 48.5 Å². The summed E-state index contributed by atoms with van der Waals surface area (Å²) >= 11 is 5.82. The lowest BCUT2D eigenvalue weighted by atomic mass is 10.1.